The Bertz CT molecular complexity index is 523. The van der Waals surface area contributed by atoms with Crippen molar-refractivity contribution < 1.29 is 0 Å². The molecule has 2 aromatic rings. The first-order valence-corrected chi connectivity index (χ1v) is 6.24. The largest absolute Gasteiger partial charge is 0.256 e. The van der Waals surface area contributed by atoms with E-state index in [1.54, 1.807) is 0 Å². The number of alkyl halides is 1. The number of aromatic nitrogens is 1. The summed E-state index contributed by atoms with van der Waals surface area (Å²) in [4.78, 5) is 4.41. The normalized spacial score (nSPS) is 10.6. The van der Waals surface area contributed by atoms with Gasteiger partial charge < -0.3 is 0 Å². The topological polar surface area (TPSA) is 12.9 Å². The molecule has 2 rings (SSSR count). The minimum absolute atomic E-state index is 0.527. The molecule has 1 aromatic heterocycles. The van der Waals surface area contributed by atoms with Crippen LogP contribution in [0.1, 0.15) is 22.3 Å². The fourth-order valence-electron chi connectivity index (χ4n) is 1.90. The minimum Gasteiger partial charge on any atom is -0.256 e. The van der Waals surface area contributed by atoms with E-state index in [2.05, 4.69) is 44.0 Å². The summed E-state index contributed by atoms with van der Waals surface area (Å²) >= 11 is 5.85. The van der Waals surface area contributed by atoms with Crippen LogP contribution in [0.2, 0.25) is 0 Å². The summed E-state index contributed by atoms with van der Waals surface area (Å²) < 4.78 is 0. The molecule has 0 amide bonds. The molecular formula is C15H16ClN. The predicted octanol–water partition coefficient (Wildman–Crippen LogP) is 4.41. The highest BCUT2D eigenvalue weighted by molar-refractivity contribution is 6.17. The van der Waals surface area contributed by atoms with Crippen molar-refractivity contribution in [3.63, 3.8) is 0 Å². The molecule has 0 aliphatic carbocycles. The van der Waals surface area contributed by atoms with Gasteiger partial charge in [-0.25, -0.2) is 0 Å². The van der Waals surface area contributed by atoms with E-state index in [0.717, 1.165) is 16.8 Å². The van der Waals surface area contributed by atoms with Gasteiger partial charge in [-0.3, -0.25) is 4.98 Å². The Morgan fingerprint density at radius 3 is 2.29 bits per heavy atom. The molecule has 1 aromatic carbocycles. The molecule has 0 atom stereocenters. The Balaban J connectivity index is 2.52. The molecular weight excluding hydrogens is 230 g/mol. The van der Waals surface area contributed by atoms with E-state index in [9.17, 15) is 0 Å². The summed E-state index contributed by atoms with van der Waals surface area (Å²) in [5.41, 5.74) is 7.22. The van der Waals surface area contributed by atoms with Gasteiger partial charge in [0.25, 0.3) is 0 Å². The quantitative estimate of drug-likeness (QED) is 0.714. The van der Waals surface area contributed by atoms with Gasteiger partial charge in [-0.1, -0.05) is 0 Å². The highest BCUT2D eigenvalue weighted by Gasteiger charge is 2.05. The maximum Gasteiger partial charge on any atom is 0.0705 e. The molecule has 0 fully saturated rings. The predicted molar refractivity (Wildman–Crippen MR) is 73.4 cm³/mol. The molecule has 88 valence electrons. The van der Waals surface area contributed by atoms with E-state index in [1.165, 1.54) is 16.7 Å². The Morgan fingerprint density at radius 2 is 1.71 bits per heavy atom. The fourth-order valence-corrected chi connectivity index (χ4v) is 2.07. The zero-order valence-corrected chi connectivity index (χ0v) is 11.2. The van der Waals surface area contributed by atoms with E-state index in [0.29, 0.717) is 5.88 Å². The van der Waals surface area contributed by atoms with Gasteiger partial charge >= 0.3 is 0 Å². The highest BCUT2D eigenvalue weighted by atomic mass is 35.5. The molecule has 0 bridgehead atoms. The summed E-state index contributed by atoms with van der Waals surface area (Å²) in [5.74, 6) is 0.527. The molecule has 0 unspecified atom stereocenters. The van der Waals surface area contributed by atoms with Crippen LogP contribution < -0.4 is 0 Å². The molecule has 0 aliphatic rings. The number of nitrogens with zero attached hydrogens (tertiary/aromatic N) is 1. The van der Waals surface area contributed by atoms with Crippen LogP contribution in [0.3, 0.4) is 0 Å². The fraction of sp³-hybridized carbons (Fsp3) is 0.267. The van der Waals surface area contributed by atoms with Crippen LogP contribution in [-0.2, 0) is 5.88 Å². The highest BCUT2D eigenvalue weighted by Crippen LogP contribution is 2.24. The van der Waals surface area contributed by atoms with Gasteiger partial charge in [0, 0.05) is 17.6 Å². The van der Waals surface area contributed by atoms with Crippen molar-refractivity contribution in [1.29, 1.82) is 0 Å². The number of hydrogen-bond donors (Lipinski definition) is 0. The third-order valence-corrected chi connectivity index (χ3v) is 3.51. The lowest BCUT2D eigenvalue weighted by Crippen LogP contribution is -1.91. The van der Waals surface area contributed by atoms with Gasteiger partial charge in [-0.05, 0) is 67.3 Å². The van der Waals surface area contributed by atoms with Crippen molar-refractivity contribution in [1.82, 2.24) is 4.98 Å². The number of aryl methyl sites for hydroxylation is 2. The number of pyridine rings is 1. The monoisotopic (exact) mass is 245 g/mol. The summed E-state index contributed by atoms with van der Waals surface area (Å²) in [7, 11) is 0. The first kappa shape index (κ1) is 12.1. The summed E-state index contributed by atoms with van der Waals surface area (Å²) in [6.07, 6.45) is 1.82. The van der Waals surface area contributed by atoms with Gasteiger partial charge in [0.2, 0.25) is 0 Å². The summed E-state index contributed by atoms with van der Waals surface area (Å²) in [5, 5.41) is 0. The molecule has 2 heteroatoms. The SMILES string of the molecule is Cc1cc(-c2cc(CCl)ccn2)cc(C)c1C. The zero-order valence-electron chi connectivity index (χ0n) is 10.4. The molecule has 0 saturated heterocycles. The third-order valence-electron chi connectivity index (χ3n) is 3.20. The Hall–Kier alpha value is -1.34. The van der Waals surface area contributed by atoms with E-state index < -0.39 is 0 Å². The lowest BCUT2D eigenvalue weighted by molar-refractivity contribution is 1.23. The number of rotatable bonds is 2. The van der Waals surface area contributed by atoms with Crippen molar-refractivity contribution in [2.45, 2.75) is 26.7 Å². The molecule has 1 nitrogen and oxygen atoms in total. The van der Waals surface area contributed by atoms with E-state index in [1.807, 2.05) is 12.3 Å². The van der Waals surface area contributed by atoms with Crippen molar-refractivity contribution in [3.8, 4) is 11.3 Å². The first-order chi connectivity index (χ1) is 8.11. The van der Waals surface area contributed by atoms with Crippen molar-refractivity contribution in [2.24, 2.45) is 0 Å². The summed E-state index contributed by atoms with van der Waals surface area (Å²) in [6, 6.07) is 8.37. The third kappa shape index (κ3) is 2.50. The van der Waals surface area contributed by atoms with Gasteiger partial charge in [0.15, 0.2) is 0 Å². The lowest BCUT2D eigenvalue weighted by atomic mass is 9.98. The Labute approximate surface area is 107 Å². The van der Waals surface area contributed by atoms with Crippen molar-refractivity contribution in [3.05, 3.63) is 52.7 Å². The average molecular weight is 246 g/mol. The van der Waals surface area contributed by atoms with E-state index in [4.69, 9.17) is 11.6 Å². The average Bonchev–Trinajstić information content (AvgIpc) is 2.35. The molecule has 0 radical (unpaired) electrons. The number of benzene rings is 1. The maximum absolute atomic E-state index is 5.85. The minimum atomic E-state index is 0.527. The summed E-state index contributed by atoms with van der Waals surface area (Å²) in [6.45, 7) is 6.42. The van der Waals surface area contributed by atoms with Crippen molar-refractivity contribution in [2.75, 3.05) is 0 Å². The molecule has 0 N–H and O–H groups in total. The van der Waals surface area contributed by atoms with Gasteiger partial charge in [0.05, 0.1) is 5.69 Å². The van der Waals surface area contributed by atoms with Crippen LogP contribution in [0.25, 0.3) is 11.3 Å². The molecule has 0 aliphatic heterocycles. The van der Waals surface area contributed by atoms with Crippen LogP contribution in [-0.4, -0.2) is 4.98 Å². The van der Waals surface area contributed by atoms with Crippen LogP contribution in [0, 0.1) is 20.8 Å². The second kappa shape index (κ2) is 4.89. The van der Waals surface area contributed by atoms with Crippen LogP contribution in [0.4, 0.5) is 0 Å². The second-order valence-corrected chi connectivity index (χ2v) is 4.69. The van der Waals surface area contributed by atoms with Gasteiger partial charge in [0.1, 0.15) is 0 Å². The number of hydrogen-bond acceptors (Lipinski definition) is 1. The lowest BCUT2D eigenvalue weighted by Gasteiger charge is -2.09. The zero-order chi connectivity index (χ0) is 12.4. The van der Waals surface area contributed by atoms with Crippen molar-refractivity contribution >= 4 is 11.6 Å². The number of halogens is 1. The standard InChI is InChI=1S/C15H16ClN/c1-10-6-14(7-11(2)12(10)3)15-8-13(9-16)4-5-17-15/h4-8H,9H2,1-3H3. The molecule has 17 heavy (non-hydrogen) atoms. The van der Waals surface area contributed by atoms with Crippen LogP contribution in [0.15, 0.2) is 30.5 Å². The van der Waals surface area contributed by atoms with E-state index in [-0.39, 0.29) is 0 Å². The second-order valence-electron chi connectivity index (χ2n) is 4.42. The van der Waals surface area contributed by atoms with Gasteiger partial charge in [-0.15, -0.1) is 11.6 Å². The Kier molecular flexibility index (Phi) is 3.49. The Morgan fingerprint density at radius 1 is 1.06 bits per heavy atom. The smallest absolute Gasteiger partial charge is 0.0705 e. The van der Waals surface area contributed by atoms with Crippen LogP contribution in [0.5, 0.6) is 0 Å². The van der Waals surface area contributed by atoms with Crippen LogP contribution >= 0.6 is 11.6 Å². The first-order valence-electron chi connectivity index (χ1n) is 5.71. The maximum atomic E-state index is 5.85. The molecule has 0 saturated carbocycles. The molecule has 1 heterocycles. The molecule has 0 spiro atoms. The van der Waals surface area contributed by atoms with E-state index >= 15 is 0 Å². The van der Waals surface area contributed by atoms with Gasteiger partial charge in [-0.2, -0.15) is 0 Å².